The Morgan fingerprint density at radius 3 is 2.86 bits per heavy atom. The molecule has 0 saturated heterocycles. The number of rotatable bonds is 1. The summed E-state index contributed by atoms with van der Waals surface area (Å²) in [5.74, 6) is -0.734. The van der Waals surface area contributed by atoms with Gasteiger partial charge in [0.25, 0.3) is 0 Å². The van der Waals surface area contributed by atoms with Gasteiger partial charge in [-0.3, -0.25) is 0 Å². The third kappa shape index (κ3) is 1.68. The summed E-state index contributed by atoms with van der Waals surface area (Å²) in [5.41, 5.74) is 1.19. The van der Waals surface area contributed by atoms with Crippen molar-refractivity contribution in [3.8, 4) is 0 Å². The standard InChI is InChI=1S/C9H5BrFNO2/c10-7-3-5(11)1-2-6(7)8-4-9(13)14-12-8/h1-3H,4H2. The van der Waals surface area contributed by atoms with Crippen molar-refractivity contribution >= 4 is 27.6 Å². The van der Waals surface area contributed by atoms with Crippen molar-refractivity contribution in [1.82, 2.24) is 0 Å². The van der Waals surface area contributed by atoms with Crippen LogP contribution in [0.15, 0.2) is 27.8 Å². The smallest absolute Gasteiger partial charge is 0.318 e. The van der Waals surface area contributed by atoms with Gasteiger partial charge in [-0.15, -0.1) is 0 Å². The topological polar surface area (TPSA) is 38.7 Å². The van der Waals surface area contributed by atoms with Crippen LogP contribution in [0.25, 0.3) is 0 Å². The highest BCUT2D eigenvalue weighted by molar-refractivity contribution is 9.10. The van der Waals surface area contributed by atoms with Crippen LogP contribution < -0.4 is 0 Å². The summed E-state index contributed by atoms with van der Waals surface area (Å²) in [6, 6.07) is 4.19. The van der Waals surface area contributed by atoms with E-state index >= 15 is 0 Å². The van der Waals surface area contributed by atoms with E-state index in [9.17, 15) is 9.18 Å². The quantitative estimate of drug-likeness (QED) is 0.724. The molecule has 0 aromatic heterocycles. The first-order valence-corrected chi connectivity index (χ1v) is 4.68. The molecule has 2 rings (SSSR count). The maximum absolute atomic E-state index is 12.7. The average molecular weight is 258 g/mol. The zero-order chi connectivity index (χ0) is 10.1. The summed E-state index contributed by atoms with van der Waals surface area (Å²) < 4.78 is 13.3. The zero-order valence-corrected chi connectivity index (χ0v) is 8.54. The summed E-state index contributed by atoms with van der Waals surface area (Å²) >= 11 is 3.19. The summed E-state index contributed by atoms with van der Waals surface area (Å²) in [6.07, 6.45) is 0.129. The van der Waals surface area contributed by atoms with Crippen molar-refractivity contribution in [2.75, 3.05) is 0 Å². The molecule has 0 amide bonds. The molecular weight excluding hydrogens is 253 g/mol. The van der Waals surface area contributed by atoms with Crippen molar-refractivity contribution in [1.29, 1.82) is 0 Å². The number of hydrogen-bond donors (Lipinski definition) is 0. The Kier molecular flexibility index (Phi) is 2.33. The Bertz CT molecular complexity index is 431. The van der Waals surface area contributed by atoms with Crippen LogP contribution in [0, 0.1) is 5.82 Å². The first-order chi connectivity index (χ1) is 6.66. The fraction of sp³-hybridized carbons (Fsp3) is 0.111. The monoisotopic (exact) mass is 257 g/mol. The van der Waals surface area contributed by atoms with Gasteiger partial charge in [-0.1, -0.05) is 21.1 Å². The molecule has 0 unspecified atom stereocenters. The highest BCUT2D eigenvalue weighted by Gasteiger charge is 2.20. The van der Waals surface area contributed by atoms with Crippen molar-refractivity contribution in [2.45, 2.75) is 6.42 Å². The molecule has 0 aliphatic carbocycles. The van der Waals surface area contributed by atoms with Crippen LogP contribution in [0.3, 0.4) is 0 Å². The summed E-state index contributed by atoms with van der Waals surface area (Å²) in [6.45, 7) is 0. The molecule has 0 spiro atoms. The Morgan fingerprint density at radius 1 is 1.50 bits per heavy atom. The van der Waals surface area contributed by atoms with Gasteiger partial charge in [0, 0.05) is 10.0 Å². The first-order valence-electron chi connectivity index (χ1n) is 3.89. The van der Waals surface area contributed by atoms with Crippen LogP contribution in [0.2, 0.25) is 0 Å². The normalized spacial score (nSPS) is 15.3. The first kappa shape index (κ1) is 9.33. The van der Waals surface area contributed by atoms with Gasteiger partial charge >= 0.3 is 5.97 Å². The third-order valence-electron chi connectivity index (χ3n) is 1.81. The minimum Gasteiger partial charge on any atom is -0.318 e. The lowest BCUT2D eigenvalue weighted by molar-refractivity contribution is -0.140. The molecule has 0 saturated carbocycles. The van der Waals surface area contributed by atoms with Gasteiger partial charge in [-0.2, -0.15) is 0 Å². The van der Waals surface area contributed by atoms with Crippen LogP contribution in [-0.4, -0.2) is 11.7 Å². The fourth-order valence-corrected chi connectivity index (χ4v) is 1.75. The van der Waals surface area contributed by atoms with Crippen molar-refractivity contribution in [3.05, 3.63) is 34.1 Å². The van der Waals surface area contributed by atoms with Crippen LogP contribution in [0.1, 0.15) is 12.0 Å². The van der Waals surface area contributed by atoms with Crippen molar-refractivity contribution in [2.24, 2.45) is 5.16 Å². The molecule has 3 nitrogen and oxygen atoms in total. The second-order valence-corrected chi connectivity index (χ2v) is 3.66. The van der Waals surface area contributed by atoms with Gasteiger partial charge < -0.3 is 4.84 Å². The maximum Gasteiger partial charge on any atom is 0.341 e. The highest BCUT2D eigenvalue weighted by atomic mass is 79.9. The van der Waals surface area contributed by atoms with Crippen molar-refractivity contribution < 1.29 is 14.0 Å². The molecule has 0 fully saturated rings. The van der Waals surface area contributed by atoms with E-state index in [0.717, 1.165) is 0 Å². The lowest BCUT2D eigenvalue weighted by Crippen LogP contribution is -2.01. The Morgan fingerprint density at radius 2 is 2.29 bits per heavy atom. The summed E-state index contributed by atoms with van der Waals surface area (Å²) in [5, 5.41) is 3.59. The highest BCUT2D eigenvalue weighted by Crippen LogP contribution is 2.22. The molecular formula is C9H5BrFNO2. The molecule has 1 aliphatic rings. The third-order valence-corrected chi connectivity index (χ3v) is 2.47. The van der Waals surface area contributed by atoms with Crippen LogP contribution in [-0.2, 0) is 9.63 Å². The molecule has 0 N–H and O–H groups in total. The van der Waals surface area contributed by atoms with E-state index in [1.807, 2.05) is 0 Å². The molecule has 1 aromatic rings. The molecule has 14 heavy (non-hydrogen) atoms. The molecule has 1 aliphatic heterocycles. The summed E-state index contributed by atoms with van der Waals surface area (Å²) in [7, 11) is 0. The zero-order valence-electron chi connectivity index (χ0n) is 6.96. The Balaban J connectivity index is 2.38. The van der Waals surface area contributed by atoms with Crippen LogP contribution >= 0.6 is 15.9 Å². The lowest BCUT2D eigenvalue weighted by Gasteiger charge is -2.00. The molecule has 72 valence electrons. The average Bonchev–Trinajstić information content (AvgIpc) is 2.51. The number of oxime groups is 1. The van der Waals surface area contributed by atoms with Gasteiger partial charge in [0.05, 0.1) is 6.42 Å². The number of carbonyl (C=O) groups excluding carboxylic acids is 1. The van der Waals surface area contributed by atoms with E-state index in [-0.39, 0.29) is 12.2 Å². The van der Waals surface area contributed by atoms with E-state index in [2.05, 4.69) is 25.9 Å². The van der Waals surface area contributed by atoms with E-state index in [1.54, 1.807) is 6.07 Å². The van der Waals surface area contributed by atoms with Gasteiger partial charge in [0.1, 0.15) is 11.5 Å². The number of halogens is 2. The molecule has 5 heteroatoms. The van der Waals surface area contributed by atoms with E-state index in [0.29, 0.717) is 15.7 Å². The Labute approximate surface area is 87.7 Å². The van der Waals surface area contributed by atoms with Crippen LogP contribution in [0.5, 0.6) is 0 Å². The van der Waals surface area contributed by atoms with E-state index in [1.165, 1.54) is 12.1 Å². The van der Waals surface area contributed by atoms with Crippen molar-refractivity contribution in [3.63, 3.8) is 0 Å². The number of hydrogen-bond acceptors (Lipinski definition) is 3. The lowest BCUT2D eigenvalue weighted by atomic mass is 10.1. The van der Waals surface area contributed by atoms with Gasteiger partial charge in [0.15, 0.2) is 0 Å². The fourth-order valence-electron chi connectivity index (χ4n) is 1.18. The van der Waals surface area contributed by atoms with Gasteiger partial charge in [-0.25, -0.2) is 9.18 Å². The number of benzene rings is 1. The SMILES string of the molecule is O=C1CC(c2ccc(F)cc2Br)=NO1. The largest absolute Gasteiger partial charge is 0.341 e. The predicted molar refractivity (Wildman–Crippen MR) is 51.3 cm³/mol. The van der Waals surface area contributed by atoms with Gasteiger partial charge in [-0.05, 0) is 18.2 Å². The van der Waals surface area contributed by atoms with Crippen LogP contribution in [0.4, 0.5) is 4.39 Å². The molecule has 1 aromatic carbocycles. The summed E-state index contributed by atoms with van der Waals surface area (Å²) in [4.78, 5) is 15.2. The molecule has 0 bridgehead atoms. The Hall–Kier alpha value is -1.23. The van der Waals surface area contributed by atoms with E-state index in [4.69, 9.17) is 0 Å². The minimum absolute atomic E-state index is 0.129. The van der Waals surface area contributed by atoms with Gasteiger partial charge in [0.2, 0.25) is 0 Å². The number of nitrogens with zero attached hydrogens (tertiary/aromatic N) is 1. The predicted octanol–water partition coefficient (Wildman–Crippen LogP) is 2.24. The second kappa shape index (κ2) is 3.49. The molecule has 0 radical (unpaired) electrons. The van der Waals surface area contributed by atoms with E-state index < -0.39 is 5.97 Å². The maximum atomic E-state index is 12.7. The molecule has 1 heterocycles. The minimum atomic E-state index is -0.392. The number of carbonyl (C=O) groups is 1. The molecule has 0 atom stereocenters. The second-order valence-electron chi connectivity index (χ2n) is 2.80.